The number of thiophene rings is 1. The van der Waals surface area contributed by atoms with Crippen LogP contribution in [0.5, 0.6) is 11.5 Å². The molecule has 1 amide bonds. The molecule has 0 spiro atoms. The highest BCUT2D eigenvalue weighted by atomic mass is 35.5. The predicted octanol–water partition coefficient (Wildman–Crippen LogP) is 5.46. The molecule has 2 aromatic carbocycles. The van der Waals surface area contributed by atoms with Gasteiger partial charge in [-0.3, -0.25) is 4.79 Å². The van der Waals surface area contributed by atoms with Gasteiger partial charge in [0.15, 0.2) is 11.5 Å². The van der Waals surface area contributed by atoms with Gasteiger partial charge in [-0.1, -0.05) is 35.9 Å². The summed E-state index contributed by atoms with van der Waals surface area (Å²) in [6.45, 7) is 0.365. The van der Waals surface area contributed by atoms with E-state index >= 15 is 0 Å². The van der Waals surface area contributed by atoms with Crippen LogP contribution >= 0.6 is 22.9 Å². The van der Waals surface area contributed by atoms with Gasteiger partial charge in [-0.05, 0) is 35.2 Å². The van der Waals surface area contributed by atoms with Gasteiger partial charge in [-0.2, -0.15) is 0 Å². The number of carbonyl (C=O) groups excluding carboxylic acids is 1. The van der Waals surface area contributed by atoms with E-state index in [9.17, 15) is 4.79 Å². The van der Waals surface area contributed by atoms with Crippen LogP contribution in [0, 0.1) is 0 Å². The van der Waals surface area contributed by atoms with E-state index < -0.39 is 0 Å². The Kier molecular flexibility index (Phi) is 5.05. The Morgan fingerprint density at radius 3 is 2.89 bits per heavy atom. The third kappa shape index (κ3) is 3.66. The maximum atomic E-state index is 12.2. The van der Waals surface area contributed by atoms with Gasteiger partial charge in [-0.15, -0.1) is 11.3 Å². The third-order valence-corrected chi connectivity index (χ3v) is 5.82. The summed E-state index contributed by atoms with van der Waals surface area (Å²) in [6.07, 6.45) is 0.383. The Hall–Kier alpha value is -2.50. The van der Waals surface area contributed by atoms with Gasteiger partial charge in [0.05, 0.1) is 12.8 Å². The Labute approximate surface area is 166 Å². The molecule has 1 aliphatic rings. The Morgan fingerprint density at radius 2 is 2.07 bits per heavy atom. The van der Waals surface area contributed by atoms with E-state index in [2.05, 4.69) is 5.32 Å². The molecule has 1 atom stereocenters. The summed E-state index contributed by atoms with van der Waals surface area (Å²) < 4.78 is 11.7. The van der Waals surface area contributed by atoms with Crippen molar-refractivity contribution >= 4 is 34.5 Å². The van der Waals surface area contributed by atoms with Crippen molar-refractivity contribution in [2.75, 3.05) is 12.4 Å². The van der Waals surface area contributed by atoms with Crippen molar-refractivity contribution in [1.29, 1.82) is 0 Å². The minimum absolute atomic E-state index is 0.00881. The monoisotopic (exact) mass is 399 g/mol. The molecule has 4 nitrogen and oxygen atoms in total. The molecule has 1 aliphatic heterocycles. The van der Waals surface area contributed by atoms with Gasteiger partial charge in [-0.25, -0.2) is 0 Å². The van der Waals surface area contributed by atoms with E-state index in [4.69, 9.17) is 21.1 Å². The first-order valence-corrected chi connectivity index (χ1v) is 9.83. The second-order valence-electron chi connectivity index (χ2n) is 6.30. The van der Waals surface area contributed by atoms with Crippen molar-refractivity contribution in [2.24, 2.45) is 0 Å². The number of carbonyl (C=O) groups is 1. The summed E-state index contributed by atoms with van der Waals surface area (Å²) >= 11 is 7.72. The number of amides is 1. The lowest BCUT2D eigenvalue weighted by molar-refractivity contribution is -0.116. The molecule has 1 aromatic heterocycles. The Balaban J connectivity index is 1.71. The van der Waals surface area contributed by atoms with Crippen LogP contribution in [-0.4, -0.2) is 13.0 Å². The van der Waals surface area contributed by atoms with Crippen LogP contribution < -0.4 is 14.8 Å². The highest BCUT2D eigenvalue weighted by Gasteiger charge is 2.30. The zero-order valence-corrected chi connectivity index (χ0v) is 16.3. The van der Waals surface area contributed by atoms with E-state index in [-0.39, 0.29) is 11.8 Å². The number of fused-ring (bicyclic) bond motifs is 1. The predicted molar refractivity (Wildman–Crippen MR) is 108 cm³/mol. The van der Waals surface area contributed by atoms with E-state index in [1.165, 1.54) is 0 Å². The molecule has 0 radical (unpaired) electrons. The SMILES string of the molecule is COc1cccc([C@@H]2CC(=O)Nc3ccsc32)c1OCc1cccc(Cl)c1. The topological polar surface area (TPSA) is 47.6 Å². The maximum absolute atomic E-state index is 12.2. The number of hydrogen-bond acceptors (Lipinski definition) is 4. The van der Waals surface area contributed by atoms with E-state index in [0.29, 0.717) is 29.5 Å². The largest absolute Gasteiger partial charge is 0.493 e. The minimum Gasteiger partial charge on any atom is -0.493 e. The fraction of sp³-hybridized carbons (Fsp3) is 0.190. The number of benzene rings is 2. The van der Waals surface area contributed by atoms with Crippen LogP contribution in [0.1, 0.15) is 28.3 Å². The molecule has 0 fully saturated rings. The minimum atomic E-state index is -0.0572. The lowest BCUT2D eigenvalue weighted by atomic mass is 9.89. The number of hydrogen-bond donors (Lipinski definition) is 1. The lowest BCUT2D eigenvalue weighted by Crippen LogP contribution is -2.22. The highest BCUT2D eigenvalue weighted by Crippen LogP contribution is 2.46. The smallest absolute Gasteiger partial charge is 0.225 e. The molecule has 0 saturated heterocycles. The van der Waals surface area contributed by atoms with E-state index in [1.54, 1.807) is 18.4 Å². The van der Waals surface area contributed by atoms with Crippen LogP contribution in [0.4, 0.5) is 5.69 Å². The van der Waals surface area contributed by atoms with Crippen molar-refractivity contribution in [2.45, 2.75) is 18.9 Å². The zero-order valence-electron chi connectivity index (χ0n) is 14.7. The van der Waals surface area contributed by atoms with Crippen LogP contribution in [0.3, 0.4) is 0 Å². The first-order chi connectivity index (χ1) is 13.2. The molecule has 3 aromatic rings. The Morgan fingerprint density at radius 1 is 1.22 bits per heavy atom. The fourth-order valence-electron chi connectivity index (χ4n) is 3.33. The summed E-state index contributed by atoms with van der Waals surface area (Å²) in [7, 11) is 1.62. The van der Waals surface area contributed by atoms with Crippen molar-refractivity contribution in [3.63, 3.8) is 0 Å². The summed E-state index contributed by atoms with van der Waals surface area (Å²) in [5.74, 6) is 1.27. The Bertz CT molecular complexity index is 985. The quantitative estimate of drug-likeness (QED) is 0.619. The van der Waals surface area contributed by atoms with E-state index in [0.717, 1.165) is 21.7 Å². The first kappa shape index (κ1) is 17.9. The molecular formula is C21H18ClNO3S. The summed E-state index contributed by atoms with van der Waals surface area (Å²) in [5, 5.41) is 5.60. The van der Waals surface area contributed by atoms with Gasteiger partial charge in [0.2, 0.25) is 5.91 Å². The standard InChI is InChI=1S/C21H18ClNO3S/c1-25-18-7-3-6-15(16-11-19(24)23-17-8-9-27-21(16)17)20(18)26-12-13-4-2-5-14(22)10-13/h2-10,16H,11-12H2,1H3,(H,23,24)/t16-/m0/s1. The summed E-state index contributed by atoms with van der Waals surface area (Å²) in [5.41, 5.74) is 2.80. The molecule has 4 rings (SSSR count). The van der Waals surface area contributed by atoms with Crippen molar-refractivity contribution < 1.29 is 14.3 Å². The molecule has 0 unspecified atom stereocenters. The lowest BCUT2D eigenvalue weighted by Gasteiger charge is -2.25. The molecule has 1 N–H and O–H groups in total. The second-order valence-corrected chi connectivity index (χ2v) is 7.68. The van der Waals surface area contributed by atoms with Crippen molar-refractivity contribution in [3.05, 3.63) is 74.9 Å². The maximum Gasteiger partial charge on any atom is 0.225 e. The van der Waals surface area contributed by atoms with Crippen LogP contribution in [-0.2, 0) is 11.4 Å². The van der Waals surface area contributed by atoms with Gasteiger partial charge in [0.25, 0.3) is 0 Å². The number of ether oxygens (including phenoxy) is 2. The number of para-hydroxylation sites is 1. The summed E-state index contributed by atoms with van der Waals surface area (Å²) in [6, 6.07) is 15.3. The first-order valence-electron chi connectivity index (χ1n) is 8.57. The van der Waals surface area contributed by atoms with E-state index in [1.807, 2.05) is 53.9 Å². The fourth-order valence-corrected chi connectivity index (χ4v) is 4.51. The molecule has 0 aliphatic carbocycles. The zero-order chi connectivity index (χ0) is 18.8. The van der Waals surface area contributed by atoms with Gasteiger partial charge in [0.1, 0.15) is 6.61 Å². The molecule has 2 heterocycles. The van der Waals surface area contributed by atoms with Crippen molar-refractivity contribution in [1.82, 2.24) is 0 Å². The number of anilines is 1. The van der Waals surface area contributed by atoms with Crippen LogP contribution in [0.15, 0.2) is 53.9 Å². The number of rotatable bonds is 5. The summed E-state index contributed by atoms with van der Waals surface area (Å²) in [4.78, 5) is 13.3. The molecule has 0 saturated carbocycles. The van der Waals surface area contributed by atoms with Crippen LogP contribution in [0.2, 0.25) is 5.02 Å². The normalized spacial score (nSPS) is 15.8. The van der Waals surface area contributed by atoms with Gasteiger partial charge >= 0.3 is 0 Å². The molecule has 6 heteroatoms. The molecular weight excluding hydrogens is 382 g/mol. The number of methoxy groups -OCH3 is 1. The highest BCUT2D eigenvalue weighted by molar-refractivity contribution is 7.10. The average molecular weight is 400 g/mol. The average Bonchev–Trinajstić information content (AvgIpc) is 3.13. The van der Waals surface area contributed by atoms with Crippen LogP contribution in [0.25, 0.3) is 0 Å². The van der Waals surface area contributed by atoms with Gasteiger partial charge < -0.3 is 14.8 Å². The third-order valence-electron chi connectivity index (χ3n) is 4.55. The number of nitrogens with one attached hydrogen (secondary N) is 1. The number of halogens is 1. The molecule has 138 valence electrons. The second kappa shape index (κ2) is 7.62. The molecule has 27 heavy (non-hydrogen) atoms. The molecule has 0 bridgehead atoms. The van der Waals surface area contributed by atoms with Crippen molar-refractivity contribution in [3.8, 4) is 11.5 Å². The van der Waals surface area contributed by atoms with Gasteiger partial charge in [0, 0.05) is 27.8 Å².